The van der Waals surface area contributed by atoms with Crippen LogP contribution in [-0.2, 0) is 19.1 Å². The van der Waals surface area contributed by atoms with E-state index in [4.69, 9.17) is 5.73 Å². The van der Waals surface area contributed by atoms with Crippen molar-refractivity contribution in [2.45, 2.75) is 31.6 Å². The van der Waals surface area contributed by atoms with Gasteiger partial charge in [0.15, 0.2) is 17.3 Å². The third-order valence-electron chi connectivity index (χ3n) is 4.96. The van der Waals surface area contributed by atoms with Gasteiger partial charge in [0.2, 0.25) is 0 Å². The number of nitrogens with two attached hydrogens (primary N) is 1. The molecular weight excluding hydrogens is 414 g/mol. The maximum absolute atomic E-state index is 13.8. The number of nitrogens with zero attached hydrogens (tertiary/aromatic N) is 5. The number of alkyl halides is 3. The summed E-state index contributed by atoms with van der Waals surface area (Å²) >= 11 is 0. The summed E-state index contributed by atoms with van der Waals surface area (Å²) in [4.78, 5) is 1.81. The van der Waals surface area contributed by atoms with E-state index in [0.717, 1.165) is 12.1 Å². The molecule has 1 aromatic carbocycles. The molecule has 0 saturated heterocycles. The molecule has 1 atom stereocenters. The van der Waals surface area contributed by atoms with Gasteiger partial charge in [0.05, 0.1) is 18.8 Å². The van der Waals surface area contributed by atoms with Gasteiger partial charge in [0, 0.05) is 25.1 Å². The van der Waals surface area contributed by atoms with Gasteiger partial charge in [-0.15, -0.1) is 10.2 Å². The molecular formula is C18H16F6N6. The van der Waals surface area contributed by atoms with E-state index >= 15 is 0 Å². The standard InChI is InChI=1S/C18H16F6N6/c19-11-6-13(21)12(20)4-9(11)3-10(25)5-17-27-26-14-8-29(17)1-2-30-15(14)7-16(28-30)18(22,23)24/h4,6-7,10H,1-3,5,8,25H2. The van der Waals surface area contributed by atoms with Crippen molar-refractivity contribution < 1.29 is 26.3 Å². The van der Waals surface area contributed by atoms with E-state index in [9.17, 15) is 26.3 Å². The normalized spacial score (nSPS) is 17.2. The molecule has 0 radical (unpaired) electrons. The minimum atomic E-state index is -4.55. The zero-order chi connectivity index (χ0) is 21.6. The highest BCUT2D eigenvalue weighted by Crippen LogP contribution is 2.30. The molecule has 2 aliphatic heterocycles. The molecule has 1 aromatic heterocycles. The smallest absolute Gasteiger partial charge is 0.351 e. The Morgan fingerprint density at radius 3 is 2.43 bits per heavy atom. The number of amidine groups is 1. The van der Waals surface area contributed by atoms with E-state index in [1.165, 1.54) is 4.68 Å². The van der Waals surface area contributed by atoms with Crippen LogP contribution in [0.4, 0.5) is 26.3 Å². The maximum Gasteiger partial charge on any atom is 0.435 e. The predicted octanol–water partition coefficient (Wildman–Crippen LogP) is 2.71. The van der Waals surface area contributed by atoms with Crippen molar-refractivity contribution in [3.05, 3.63) is 52.6 Å². The van der Waals surface area contributed by atoms with Crippen molar-refractivity contribution in [1.82, 2.24) is 14.7 Å². The van der Waals surface area contributed by atoms with Gasteiger partial charge >= 0.3 is 6.18 Å². The minimum Gasteiger partial charge on any atom is -0.351 e. The van der Waals surface area contributed by atoms with Crippen LogP contribution in [-0.4, -0.2) is 45.4 Å². The van der Waals surface area contributed by atoms with E-state index in [2.05, 4.69) is 15.3 Å². The van der Waals surface area contributed by atoms with Gasteiger partial charge in [0.1, 0.15) is 17.4 Å². The van der Waals surface area contributed by atoms with Crippen LogP contribution in [0.25, 0.3) is 0 Å². The molecule has 6 nitrogen and oxygen atoms in total. The molecule has 12 heteroatoms. The Morgan fingerprint density at radius 2 is 1.70 bits per heavy atom. The van der Waals surface area contributed by atoms with Crippen LogP contribution < -0.4 is 5.73 Å². The molecule has 2 N–H and O–H groups in total. The van der Waals surface area contributed by atoms with E-state index in [1.54, 1.807) is 0 Å². The first kappa shape index (κ1) is 20.4. The van der Waals surface area contributed by atoms with Crippen LogP contribution in [0.5, 0.6) is 0 Å². The Hall–Kier alpha value is -2.89. The molecule has 0 fully saturated rings. The summed E-state index contributed by atoms with van der Waals surface area (Å²) < 4.78 is 80.3. The van der Waals surface area contributed by atoms with Gasteiger partial charge in [-0.2, -0.15) is 18.3 Å². The fraction of sp³-hybridized carbons (Fsp3) is 0.389. The topological polar surface area (TPSA) is 71.8 Å². The van der Waals surface area contributed by atoms with Gasteiger partial charge in [-0.25, -0.2) is 13.2 Å². The lowest BCUT2D eigenvalue weighted by Crippen LogP contribution is -2.41. The molecule has 0 spiro atoms. The van der Waals surface area contributed by atoms with Crippen molar-refractivity contribution in [2.75, 3.05) is 13.1 Å². The average molecular weight is 430 g/mol. The number of hydrogen-bond donors (Lipinski definition) is 1. The Kier molecular flexibility index (Phi) is 5.04. The van der Waals surface area contributed by atoms with E-state index in [1.807, 2.05) is 4.90 Å². The van der Waals surface area contributed by atoms with Gasteiger partial charge in [-0.05, 0) is 24.1 Å². The fourth-order valence-electron chi connectivity index (χ4n) is 3.48. The third kappa shape index (κ3) is 3.91. The molecule has 0 amide bonds. The largest absolute Gasteiger partial charge is 0.435 e. The predicted molar refractivity (Wildman–Crippen MR) is 95.4 cm³/mol. The maximum atomic E-state index is 13.8. The van der Waals surface area contributed by atoms with Gasteiger partial charge in [-0.1, -0.05) is 0 Å². The van der Waals surface area contributed by atoms with Crippen molar-refractivity contribution in [3.63, 3.8) is 0 Å². The fourth-order valence-corrected chi connectivity index (χ4v) is 3.48. The number of aromatic nitrogens is 2. The minimum absolute atomic E-state index is 0.0526. The molecule has 0 aliphatic carbocycles. The second-order valence-corrected chi connectivity index (χ2v) is 7.15. The Morgan fingerprint density at radius 1 is 0.967 bits per heavy atom. The second kappa shape index (κ2) is 7.42. The van der Waals surface area contributed by atoms with Gasteiger partial charge in [0.25, 0.3) is 0 Å². The van der Waals surface area contributed by atoms with Crippen molar-refractivity contribution in [2.24, 2.45) is 15.9 Å². The van der Waals surface area contributed by atoms with Gasteiger partial charge in [-0.3, -0.25) is 4.68 Å². The summed E-state index contributed by atoms with van der Waals surface area (Å²) in [7, 11) is 0. The van der Waals surface area contributed by atoms with Crippen LogP contribution in [0.15, 0.2) is 28.4 Å². The molecule has 2 aromatic rings. The molecule has 4 rings (SSSR count). The summed E-state index contributed by atoms with van der Waals surface area (Å²) in [5.41, 5.74) is 5.61. The lowest BCUT2D eigenvalue weighted by molar-refractivity contribution is -0.141. The molecule has 2 aliphatic rings. The van der Waals surface area contributed by atoms with Crippen molar-refractivity contribution >= 4 is 11.5 Å². The number of fused-ring (bicyclic) bond motifs is 4. The SMILES string of the molecule is NC(CC1=NN=C2CN1CCn1nc(C(F)(F)F)cc12)Cc1cc(F)c(F)cc1F. The molecule has 1 unspecified atom stereocenters. The monoisotopic (exact) mass is 430 g/mol. The Labute approximate surface area is 166 Å². The van der Waals surface area contributed by atoms with Crippen LogP contribution in [0, 0.1) is 17.5 Å². The van der Waals surface area contributed by atoms with Crippen LogP contribution in [0.1, 0.15) is 23.4 Å². The highest BCUT2D eigenvalue weighted by Gasteiger charge is 2.37. The number of hydrogen-bond acceptors (Lipinski definition) is 5. The van der Waals surface area contributed by atoms with E-state index in [-0.39, 0.29) is 37.2 Å². The number of rotatable bonds is 4. The zero-order valence-electron chi connectivity index (χ0n) is 15.4. The summed E-state index contributed by atoms with van der Waals surface area (Å²) in [5, 5.41) is 11.7. The van der Waals surface area contributed by atoms with Crippen LogP contribution in [0.2, 0.25) is 0 Å². The first-order chi connectivity index (χ1) is 14.1. The first-order valence-electron chi connectivity index (χ1n) is 9.04. The molecule has 160 valence electrons. The summed E-state index contributed by atoms with van der Waals surface area (Å²) in [6.07, 6.45) is -4.43. The van der Waals surface area contributed by atoms with Gasteiger partial charge < -0.3 is 10.6 Å². The number of halogens is 6. The Bertz CT molecular complexity index is 1040. The second-order valence-electron chi connectivity index (χ2n) is 7.15. The lowest BCUT2D eigenvalue weighted by atomic mass is 10.0. The molecule has 30 heavy (non-hydrogen) atoms. The molecule has 0 saturated carbocycles. The quantitative estimate of drug-likeness (QED) is 0.599. The lowest BCUT2D eigenvalue weighted by Gasteiger charge is -2.27. The highest BCUT2D eigenvalue weighted by molar-refractivity contribution is 6.04. The third-order valence-corrected chi connectivity index (χ3v) is 4.96. The van der Waals surface area contributed by atoms with E-state index < -0.39 is 35.4 Å². The summed E-state index contributed by atoms with van der Waals surface area (Å²) in [6, 6.07) is 1.53. The van der Waals surface area contributed by atoms with Crippen LogP contribution in [0.3, 0.4) is 0 Å². The number of benzene rings is 1. The first-order valence-corrected chi connectivity index (χ1v) is 9.04. The molecule has 3 heterocycles. The molecule has 2 bridgehead atoms. The van der Waals surface area contributed by atoms with Crippen LogP contribution >= 0.6 is 0 Å². The zero-order valence-corrected chi connectivity index (χ0v) is 15.4. The average Bonchev–Trinajstić information content (AvgIpc) is 3.05. The summed E-state index contributed by atoms with van der Waals surface area (Å²) in [6.45, 7) is 0.751. The Balaban J connectivity index is 1.51. The summed E-state index contributed by atoms with van der Waals surface area (Å²) in [5.74, 6) is -2.85. The van der Waals surface area contributed by atoms with E-state index in [0.29, 0.717) is 24.2 Å². The van der Waals surface area contributed by atoms with Crippen molar-refractivity contribution in [1.29, 1.82) is 0 Å². The van der Waals surface area contributed by atoms with Crippen molar-refractivity contribution in [3.8, 4) is 0 Å². The highest BCUT2D eigenvalue weighted by atomic mass is 19.4.